The SMILES string of the molecule is O=C(NCCCCCN1CC2CCC(C1)N2)c1cc(-c2cccs2)on1. The number of aromatic nitrogens is 1. The molecule has 140 valence electrons. The van der Waals surface area contributed by atoms with E-state index in [9.17, 15) is 4.79 Å². The molecule has 2 fully saturated rings. The molecule has 2 saturated heterocycles. The van der Waals surface area contributed by atoms with Crippen LogP contribution in [0.2, 0.25) is 0 Å². The second-order valence-electron chi connectivity index (χ2n) is 7.27. The summed E-state index contributed by atoms with van der Waals surface area (Å²) in [6.45, 7) is 4.26. The number of hydrogen-bond acceptors (Lipinski definition) is 6. The molecule has 0 aliphatic carbocycles. The Kier molecular flexibility index (Phi) is 5.67. The molecule has 2 unspecified atom stereocenters. The molecule has 6 nitrogen and oxygen atoms in total. The highest BCUT2D eigenvalue weighted by Gasteiger charge is 2.31. The maximum atomic E-state index is 12.1. The van der Waals surface area contributed by atoms with Crippen molar-refractivity contribution in [3.8, 4) is 10.6 Å². The number of likely N-dealkylation sites (tertiary alicyclic amines) is 1. The lowest BCUT2D eigenvalue weighted by molar-refractivity contribution is 0.0943. The number of fused-ring (bicyclic) bond motifs is 2. The molecule has 0 aromatic carbocycles. The average molecular weight is 375 g/mol. The van der Waals surface area contributed by atoms with Crippen molar-refractivity contribution in [3.63, 3.8) is 0 Å². The van der Waals surface area contributed by atoms with Gasteiger partial charge < -0.3 is 20.1 Å². The summed E-state index contributed by atoms with van der Waals surface area (Å²) in [5, 5.41) is 12.5. The number of amides is 1. The zero-order valence-corrected chi connectivity index (χ0v) is 15.8. The number of unbranched alkanes of at least 4 members (excludes halogenated alkanes) is 2. The molecule has 1 amide bonds. The van der Waals surface area contributed by atoms with Gasteiger partial charge in [-0.2, -0.15) is 0 Å². The van der Waals surface area contributed by atoms with Crippen molar-refractivity contribution in [3.05, 3.63) is 29.3 Å². The molecular formula is C19H26N4O2S. The summed E-state index contributed by atoms with van der Waals surface area (Å²) in [5.74, 6) is 0.491. The van der Waals surface area contributed by atoms with Crippen LogP contribution < -0.4 is 10.6 Å². The van der Waals surface area contributed by atoms with Crippen molar-refractivity contribution < 1.29 is 9.32 Å². The van der Waals surface area contributed by atoms with Crippen molar-refractivity contribution in [1.82, 2.24) is 20.7 Å². The van der Waals surface area contributed by atoms with Crippen LogP contribution >= 0.6 is 11.3 Å². The number of piperazine rings is 1. The van der Waals surface area contributed by atoms with Crippen LogP contribution in [0.1, 0.15) is 42.6 Å². The molecule has 26 heavy (non-hydrogen) atoms. The largest absolute Gasteiger partial charge is 0.355 e. The number of rotatable bonds is 8. The van der Waals surface area contributed by atoms with Crippen LogP contribution in [0.25, 0.3) is 10.6 Å². The van der Waals surface area contributed by atoms with E-state index in [4.69, 9.17) is 4.52 Å². The van der Waals surface area contributed by atoms with Gasteiger partial charge in [-0.25, -0.2) is 0 Å². The van der Waals surface area contributed by atoms with Gasteiger partial charge in [-0.15, -0.1) is 11.3 Å². The highest BCUT2D eigenvalue weighted by molar-refractivity contribution is 7.13. The number of carbonyl (C=O) groups excluding carboxylic acids is 1. The zero-order chi connectivity index (χ0) is 17.8. The maximum absolute atomic E-state index is 12.1. The Hall–Kier alpha value is -1.70. The van der Waals surface area contributed by atoms with Crippen LogP contribution in [-0.2, 0) is 0 Å². The molecule has 2 aliphatic rings. The quantitative estimate of drug-likeness (QED) is 0.695. The summed E-state index contributed by atoms with van der Waals surface area (Å²) in [4.78, 5) is 15.7. The first-order valence-corrected chi connectivity index (χ1v) is 10.4. The van der Waals surface area contributed by atoms with E-state index in [1.54, 1.807) is 17.4 Å². The molecule has 2 bridgehead atoms. The normalized spacial score (nSPS) is 22.6. The topological polar surface area (TPSA) is 70.4 Å². The average Bonchev–Trinajstić information content (AvgIpc) is 3.38. The molecule has 0 radical (unpaired) electrons. The first-order chi connectivity index (χ1) is 12.8. The predicted molar refractivity (Wildman–Crippen MR) is 102 cm³/mol. The fourth-order valence-electron chi connectivity index (χ4n) is 3.92. The minimum absolute atomic E-state index is 0.157. The van der Waals surface area contributed by atoms with Crippen molar-refractivity contribution in [2.24, 2.45) is 0 Å². The van der Waals surface area contributed by atoms with Gasteiger partial charge >= 0.3 is 0 Å². The summed E-state index contributed by atoms with van der Waals surface area (Å²) in [6, 6.07) is 7.05. The van der Waals surface area contributed by atoms with E-state index in [1.165, 1.54) is 38.9 Å². The summed E-state index contributed by atoms with van der Waals surface area (Å²) in [6.07, 6.45) is 6.01. The van der Waals surface area contributed by atoms with Crippen molar-refractivity contribution in [2.45, 2.75) is 44.2 Å². The first kappa shape index (κ1) is 17.7. The monoisotopic (exact) mass is 374 g/mol. The van der Waals surface area contributed by atoms with Crippen molar-refractivity contribution in [1.29, 1.82) is 0 Å². The Balaban J connectivity index is 1.11. The van der Waals surface area contributed by atoms with E-state index in [1.807, 2.05) is 17.5 Å². The molecule has 2 N–H and O–H groups in total. The van der Waals surface area contributed by atoms with E-state index in [0.717, 1.165) is 29.8 Å². The van der Waals surface area contributed by atoms with Gasteiger partial charge in [0, 0.05) is 37.8 Å². The van der Waals surface area contributed by atoms with Crippen LogP contribution in [0.5, 0.6) is 0 Å². The van der Waals surface area contributed by atoms with Gasteiger partial charge in [0.05, 0.1) is 4.88 Å². The van der Waals surface area contributed by atoms with Crippen molar-refractivity contribution in [2.75, 3.05) is 26.2 Å². The summed E-state index contributed by atoms with van der Waals surface area (Å²) < 4.78 is 5.25. The fraction of sp³-hybridized carbons (Fsp3) is 0.579. The molecule has 0 spiro atoms. The third kappa shape index (κ3) is 4.34. The van der Waals surface area contributed by atoms with E-state index in [2.05, 4.69) is 20.7 Å². The molecule has 2 atom stereocenters. The minimum Gasteiger partial charge on any atom is -0.355 e. The Labute approximate surface area is 157 Å². The molecular weight excluding hydrogens is 348 g/mol. The smallest absolute Gasteiger partial charge is 0.273 e. The zero-order valence-electron chi connectivity index (χ0n) is 14.9. The lowest BCUT2D eigenvalue weighted by Gasteiger charge is -2.32. The Bertz CT molecular complexity index is 703. The summed E-state index contributed by atoms with van der Waals surface area (Å²) >= 11 is 1.57. The molecule has 2 aliphatic heterocycles. The molecule has 4 heterocycles. The predicted octanol–water partition coefficient (Wildman–Crippen LogP) is 2.74. The first-order valence-electron chi connectivity index (χ1n) is 9.55. The van der Waals surface area contributed by atoms with Crippen LogP contribution in [0.4, 0.5) is 0 Å². The van der Waals surface area contributed by atoms with E-state index in [0.29, 0.717) is 18.0 Å². The number of nitrogens with one attached hydrogen (secondary N) is 2. The molecule has 2 aromatic rings. The molecule has 4 rings (SSSR count). The van der Waals surface area contributed by atoms with Crippen LogP contribution in [0.3, 0.4) is 0 Å². The van der Waals surface area contributed by atoms with E-state index >= 15 is 0 Å². The minimum atomic E-state index is -0.157. The second kappa shape index (κ2) is 8.33. The molecule has 7 heteroatoms. The third-order valence-corrected chi connectivity index (χ3v) is 6.12. The van der Waals surface area contributed by atoms with Crippen LogP contribution in [0.15, 0.2) is 28.1 Å². The van der Waals surface area contributed by atoms with Gasteiger partial charge in [0.15, 0.2) is 11.5 Å². The Morgan fingerprint density at radius 1 is 1.31 bits per heavy atom. The van der Waals surface area contributed by atoms with Crippen molar-refractivity contribution >= 4 is 17.2 Å². The molecule has 2 aromatic heterocycles. The summed E-state index contributed by atoms with van der Waals surface area (Å²) in [5.41, 5.74) is 0.352. The van der Waals surface area contributed by atoms with E-state index < -0.39 is 0 Å². The number of hydrogen-bond donors (Lipinski definition) is 2. The number of nitrogens with zero attached hydrogens (tertiary/aromatic N) is 2. The van der Waals surface area contributed by atoms with Crippen LogP contribution in [-0.4, -0.2) is 54.2 Å². The summed E-state index contributed by atoms with van der Waals surface area (Å²) in [7, 11) is 0. The van der Waals surface area contributed by atoms with Gasteiger partial charge in [-0.05, 0) is 43.7 Å². The number of carbonyl (C=O) groups is 1. The van der Waals surface area contributed by atoms with Gasteiger partial charge in [0.2, 0.25) is 0 Å². The van der Waals surface area contributed by atoms with Gasteiger partial charge in [-0.1, -0.05) is 17.6 Å². The maximum Gasteiger partial charge on any atom is 0.273 e. The van der Waals surface area contributed by atoms with Gasteiger partial charge in [0.25, 0.3) is 5.91 Å². The van der Waals surface area contributed by atoms with E-state index in [-0.39, 0.29) is 5.91 Å². The van der Waals surface area contributed by atoms with Crippen LogP contribution in [0, 0.1) is 0 Å². The third-order valence-electron chi connectivity index (χ3n) is 5.24. The highest BCUT2D eigenvalue weighted by atomic mass is 32.1. The Morgan fingerprint density at radius 2 is 2.15 bits per heavy atom. The lowest BCUT2D eigenvalue weighted by Crippen LogP contribution is -2.51. The Morgan fingerprint density at radius 3 is 2.92 bits per heavy atom. The fourth-order valence-corrected chi connectivity index (χ4v) is 4.59. The highest BCUT2D eigenvalue weighted by Crippen LogP contribution is 2.25. The standard InChI is InChI=1S/C19H26N4O2S/c24-19(16-11-17(25-22-16)18-5-4-10-26-18)20-8-2-1-3-9-23-12-14-6-7-15(13-23)21-14/h4-5,10-11,14-15,21H,1-3,6-9,12-13H2,(H,20,24). The second-order valence-corrected chi connectivity index (χ2v) is 8.22. The van der Waals surface area contributed by atoms with Gasteiger partial charge in [0.1, 0.15) is 0 Å². The lowest BCUT2D eigenvalue weighted by atomic mass is 10.2. The number of thiophene rings is 1. The van der Waals surface area contributed by atoms with Gasteiger partial charge in [-0.3, -0.25) is 4.79 Å². The molecule has 0 saturated carbocycles.